The SMILES string of the molecule is c1ccc(-c2cc(-c3ccccc3)cc(-c3ccc(N(c4ccc(-c5ccccc5-c5cc6ccccc6o5)cc4)c4ccc5ccccc5c4)cc3)c2)cc1. The fraction of sp³-hybridized carbons (Fsp3) is 0. The lowest BCUT2D eigenvalue weighted by atomic mass is 9.93. The second-order valence-corrected chi connectivity index (χ2v) is 14.2. The van der Waals surface area contributed by atoms with Crippen molar-refractivity contribution in [2.75, 3.05) is 4.90 Å². The van der Waals surface area contributed by atoms with Gasteiger partial charge in [0.25, 0.3) is 0 Å². The molecule has 0 saturated carbocycles. The third-order valence-corrected chi connectivity index (χ3v) is 10.7. The summed E-state index contributed by atoms with van der Waals surface area (Å²) in [6, 6.07) is 80.1. The van der Waals surface area contributed by atoms with E-state index in [1.54, 1.807) is 0 Å². The standard InChI is InChI=1S/C54H37NO/c1-3-13-38(14-4-1)45-33-46(39-15-5-2-6-16-39)35-47(34-45)41-23-28-48(29-24-41)55(50-32-25-40-17-7-8-18-43(40)36-50)49-30-26-42(27-31-49)51-20-10-11-21-52(51)54-37-44-19-9-12-22-53(44)56-54/h1-37H. The van der Waals surface area contributed by atoms with Gasteiger partial charge in [0.1, 0.15) is 11.3 Å². The highest BCUT2D eigenvalue weighted by molar-refractivity contribution is 5.92. The first-order valence-electron chi connectivity index (χ1n) is 19.1. The van der Waals surface area contributed by atoms with Crippen LogP contribution in [0.5, 0.6) is 0 Å². The third kappa shape index (κ3) is 6.44. The molecule has 2 nitrogen and oxygen atoms in total. The van der Waals surface area contributed by atoms with Gasteiger partial charge in [-0.25, -0.2) is 0 Å². The minimum atomic E-state index is 0.869. The second kappa shape index (κ2) is 14.4. The van der Waals surface area contributed by atoms with Crippen molar-refractivity contribution in [2.45, 2.75) is 0 Å². The molecule has 0 radical (unpaired) electrons. The average Bonchev–Trinajstić information content (AvgIpc) is 3.72. The highest BCUT2D eigenvalue weighted by Crippen LogP contribution is 2.41. The summed E-state index contributed by atoms with van der Waals surface area (Å²) in [6.45, 7) is 0. The van der Waals surface area contributed by atoms with E-state index in [4.69, 9.17) is 4.42 Å². The van der Waals surface area contributed by atoms with Gasteiger partial charge in [0.05, 0.1) is 0 Å². The van der Waals surface area contributed by atoms with Gasteiger partial charge in [-0.3, -0.25) is 0 Å². The van der Waals surface area contributed by atoms with Crippen LogP contribution in [0.25, 0.3) is 77.6 Å². The van der Waals surface area contributed by atoms with Gasteiger partial charge < -0.3 is 9.32 Å². The van der Waals surface area contributed by atoms with Gasteiger partial charge in [0.2, 0.25) is 0 Å². The molecule has 0 aliphatic heterocycles. The normalized spacial score (nSPS) is 11.2. The van der Waals surface area contributed by atoms with Crippen LogP contribution in [-0.2, 0) is 0 Å². The monoisotopic (exact) mass is 715 g/mol. The van der Waals surface area contributed by atoms with E-state index in [0.29, 0.717) is 0 Å². The Morgan fingerprint density at radius 1 is 0.268 bits per heavy atom. The van der Waals surface area contributed by atoms with Gasteiger partial charge in [0, 0.05) is 28.0 Å². The third-order valence-electron chi connectivity index (χ3n) is 10.7. The number of hydrogen-bond acceptors (Lipinski definition) is 2. The summed E-state index contributed by atoms with van der Waals surface area (Å²) in [7, 11) is 0. The number of benzene rings is 9. The topological polar surface area (TPSA) is 16.4 Å². The lowest BCUT2D eigenvalue weighted by Gasteiger charge is -2.26. The number of furan rings is 1. The smallest absolute Gasteiger partial charge is 0.136 e. The highest BCUT2D eigenvalue weighted by atomic mass is 16.3. The summed E-state index contributed by atoms with van der Waals surface area (Å²) in [4.78, 5) is 2.35. The fourth-order valence-corrected chi connectivity index (χ4v) is 7.81. The lowest BCUT2D eigenvalue weighted by Crippen LogP contribution is -2.09. The van der Waals surface area contributed by atoms with Crippen LogP contribution in [0.3, 0.4) is 0 Å². The Balaban J connectivity index is 1.04. The Labute approximate surface area is 327 Å². The first kappa shape index (κ1) is 33.2. The summed E-state index contributed by atoms with van der Waals surface area (Å²) < 4.78 is 6.32. The van der Waals surface area contributed by atoms with Crippen molar-refractivity contribution < 1.29 is 4.42 Å². The molecule has 264 valence electrons. The van der Waals surface area contributed by atoms with Crippen LogP contribution in [0.1, 0.15) is 0 Å². The van der Waals surface area contributed by atoms with Crippen molar-refractivity contribution in [2.24, 2.45) is 0 Å². The Kier molecular flexibility index (Phi) is 8.55. The van der Waals surface area contributed by atoms with E-state index in [0.717, 1.165) is 50.5 Å². The molecule has 0 fully saturated rings. The van der Waals surface area contributed by atoms with E-state index in [2.05, 4.69) is 211 Å². The van der Waals surface area contributed by atoms with Crippen molar-refractivity contribution in [3.63, 3.8) is 0 Å². The zero-order valence-corrected chi connectivity index (χ0v) is 30.7. The molecule has 0 spiro atoms. The van der Waals surface area contributed by atoms with Crippen LogP contribution in [0.15, 0.2) is 229 Å². The minimum absolute atomic E-state index is 0.869. The molecule has 56 heavy (non-hydrogen) atoms. The fourth-order valence-electron chi connectivity index (χ4n) is 7.81. The predicted octanol–water partition coefficient (Wildman–Crippen LogP) is 15.4. The first-order chi connectivity index (χ1) is 27.7. The second-order valence-electron chi connectivity index (χ2n) is 14.2. The van der Waals surface area contributed by atoms with Gasteiger partial charge in [-0.05, 0) is 122 Å². The summed E-state index contributed by atoms with van der Waals surface area (Å²) in [5.74, 6) is 0.869. The number of rotatable bonds is 8. The Bertz CT molecular complexity index is 2850. The van der Waals surface area contributed by atoms with Crippen molar-refractivity contribution in [1.29, 1.82) is 0 Å². The van der Waals surface area contributed by atoms with E-state index < -0.39 is 0 Å². The molecule has 0 N–H and O–H groups in total. The van der Waals surface area contributed by atoms with E-state index in [9.17, 15) is 0 Å². The van der Waals surface area contributed by atoms with Gasteiger partial charge >= 0.3 is 0 Å². The van der Waals surface area contributed by atoms with E-state index in [1.807, 2.05) is 18.2 Å². The maximum atomic E-state index is 6.32. The number of para-hydroxylation sites is 1. The van der Waals surface area contributed by atoms with Crippen molar-refractivity contribution in [1.82, 2.24) is 0 Å². The van der Waals surface area contributed by atoms with Gasteiger partial charge in [0.15, 0.2) is 0 Å². The van der Waals surface area contributed by atoms with Crippen LogP contribution < -0.4 is 4.90 Å². The molecule has 0 aliphatic carbocycles. The summed E-state index contributed by atoms with van der Waals surface area (Å²) >= 11 is 0. The molecule has 10 rings (SSSR count). The number of anilines is 3. The maximum Gasteiger partial charge on any atom is 0.136 e. The molecule has 1 heterocycles. The Morgan fingerprint density at radius 3 is 1.34 bits per heavy atom. The van der Waals surface area contributed by atoms with E-state index in [-0.39, 0.29) is 0 Å². The first-order valence-corrected chi connectivity index (χ1v) is 19.1. The summed E-state index contributed by atoms with van der Waals surface area (Å²) in [5.41, 5.74) is 14.6. The molecular formula is C54H37NO. The molecule has 1 aromatic heterocycles. The maximum absolute atomic E-state index is 6.32. The Morgan fingerprint density at radius 2 is 0.732 bits per heavy atom. The quantitative estimate of drug-likeness (QED) is 0.156. The molecular weight excluding hydrogens is 679 g/mol. The predicted molar refractivity (Wildman–Crippen MR) is 236 cm³/mol. The van der Waals surface area contributed by atoms with Crippen molar-refractivity contribution in [3.05, 3.63) is 224 Å². The van der Waals surface area contributed by atoms with E-state index in [1.165, 1.54) is 44.2 Å². The average molecular weight is 716 g/mol. The van der Waals surface area contributed by atoms with Crippen LogP contribution in [0, 0.1) is 0 Å². The molecule has 0 atom stereocenters. The molecule has 0 saturated heterocycles. The van der Waals surface area contributed by atoms with Gasteiger partial charge in [-0.2, -0.15) is 0 Å². The molecule has 10 aromatic rings. The van der Waals surface area contributed by atoms with Crippen LogP contribution in [0.4, 0.5) is 17.1 Å². The summed E-state index contributed by atoms with van der Waals surface area (Å²) in [6.07, 6.45) is 0. The zero-order valence-electron chi connectivity index (χ0n) is 30.7. The molecule has 2 heteroatoms. The zero-order chi connectivity index (χ0) is 37.3. The molecule has 0 aliphatic rings. The van der Waals surface area contributed by atoms with E-state index >= 15 is 0 Å². The largest absolute Gasteiger partial charge is 0.456 e. The van der Waals surface area contributed by atoms with Crippen molar-refractivity contribution in [3.8, 4) is 55.8 Å². The van der Waals surface area contributed by atoms with Crippen LogP contribution in [0.2, 0.25) is 0 Å². The van der Waals surface area contributed by atoms with Crippen LogP contribution in [-0.4, -0.2) is 0 Å². The lowest BCUT2D eigenvalue weighted by molar-refractivity contribution is 0.632. The van der Waals surface area contributed by atoms with Gasteiger partial charge in [-0.15, -0.1) is 0 Å². The number of fused-ring (bicyclic) bond motifs is 2. The minimum Gasteiger partial charge on any atom is -0.456 e. The number of hydrogen-bond donors (Lipinski definition) is 0. The van der Waals surface area contributed by atoms with Crippen molar-refractivity contribution >= 4 is 38.8 Å². The molecule has 0 amide bonds. The molecule has 0 unspecified atom stereocenters. The summed E-state index contributed by atoms with van der Waals surface area (Å²) in [5, 5.41) is 3.52. The van der Waals surface area contributed by atoms with Crippen LogP contribution >= 0.6 is 0 Å². The highest BCUT2D eigenvalue weighted by Gasteiger charge is 2.17. The molecule has 9 aromatic carbocycles. The molecule has 0 bridgehead atoms. The van der Waals surface area contributed by atoms with Gasteiger partial charge in [-0.1, -0.05) is 158 Å². The number of nitrogens with zero attached hydrogens (tertiary/aromatic N) is 1. The Hall–Kier alpha value is -7.42.